The highest BCUT2D eigenvalue weighted by atomic mass is 32.1. The molecule has 0 N–H and O–H groups in total. The summed E-state index contributed by atoms with van der Waals surface area (Å²) in [6.07, 6.45) is 1.89. The fourth-order valence-corrected chi connectivity index (χ4v) is 2.76. The van der Waals surface area contributed by atoms with E-state index in [0.29, 0.717) is 5.54 Å². The van der Waals surface area contributed by atoms with Gasteiger partial charge in [0, 0.05) is 43.3 Å². The third-order valence-corrected chi connectivity index (χ3v) is 3.93. The molecule has 1 aliphatic heterocycles. The van der Waals surface area contributed by atoms with Crippen LogP contribution in [0.3, 0.4) is 0 Å². The van der Waals surface area contributed by atoms with E-state index in [1.165, 1.54) is 18.1 Å². The average Bonchev–Trinajstić information content (AvgIpc) is 2.70. The zero-order chi connectivity index (χ0) is 11.6. The molecular formula is C12H21N3S. The molecule has 0 aliphatic carbocycles. The molecule has 0 aromatic carbocycles. The lowest BCUT2D eigenvalue weighted by atomic mass is 10.1. The lowest BCUT2D eigenvalue weighted by molar-refractivity contribution is 0.0591. The fourth-order valence-electron chi connectivity index (χ4n) is 2.10. The van der Waals surface area contributed by atoms with Gasteiger partial charge in [-0.25, -0.2) is 4.98 Å². The van der Waals surface area contributed by atoms with E-state index in [1.807, 2.05) is 6.20 Å². The SMILES string of the molecule is CC(C)(C)N1CCN(Cc2nccs2)CC1. The Labute approximate surface area is 102 Å². The molecule has 0 radical (unpaired) electrons. The Hall–Kier alpha value is -0.450. The average molecular weight is 239 g/mol. The van der Waals surface area contributed by atoms with Crippen LogP contribution in [0.5, 0.6) is 0 Å². The topological polar surface area (TPSA) is 19.4 Å². The summed E-state index contributed by atoms with van der Waals surface area (Å²) >= 11 is 1.76. The number of aromatic nitrogens is 1. The van der Waals surface area contributed by atoms with Crippen LogP contribution in [0.25, 0.3) is 0 Å². The number of piperazine rings is 1. The minimum Gasteiger partial charge on any atom is -0.296 e. The quantitative estimate of drug-likeness (QED) is 0.787. The zero-order valence-corrected chi connectivity index (χ0v) is 11.3. The van der Waals surface area contributed by atoms with Gasteiger partial charge in [-0.3, -0.25) is 9.80 Å². The molecule has 1 aromatic heterocycles. The number of hydrogen-bond donors (Lipinski definition) is 0. The van der Waals surface area contributed by atoms with Crippen LogP contribution in [-0.2, 0) is 6.54 Å². The van der Waals surface area contributed by atoms with Gasteiger partial charge in [0.2, 0.25) is 0 Å². The molecule has 2 rings (SSSR count). The Morgan fingerprint density at radius 2 is 1.94 bits per heavy atom. The van der Waals surface area contributed by atoms with Crippen LogP contribution in [0.1, 0.15) is 25.8 Å². The highest BCUT2D eigenvalue weighted by Crippen LogP contribution is 2.17. The van der Waals surface area contributed by atoms with E-state index in [4.69, 9.17) is 0 Å². The summed E-state index contributed by atoms with van der Waals surface area (Å²) in [5.74, 6) is 0. The van der Waals surface area contributed by atoms with Crippen molar-refractivity contribution in [2.24, 2.45) is 0 Å². The van der Waals surface area contributed by atoms with Gasteiger partial charge in [0.1, 0.15) is 5.01 Å². The van der Waals surface area contributed by atoms with Crippen molar-refractivity contribution >= 4 is 11.3 Å². The molecule has 0 bridgehead atoms. The molecule has 90 valence electrons. The van der Waals surface area contributed by atoms with Crippen LogP contribution in [0.4, 0.5) is 0 Å². The van der Waals surface area contributed by atoms with Gasteiger partial charge in [0.05, 0.1) is 6.54 Å². The molecule has 3 nitrogen and oxygen atoms in total. The van der Waals surface area contributed by atoms with Gasteiger partial charge in [-0.1, -0.05) is 0 Å². The highest BCUT2D eigenvalue weighted by Gasteiger charge is 2.25. The van der Waals surface area contributed by atoms with E-state index in [9.17, 15) is 0 Å². The molecule has 0 saturated carbocycles. The molecule has 0 spiro atoms. The van der Waals surface area contributed by atoms with E-state index in [0.717, 1.165) is 19.6 Å². The van der Waals surface area contributed by atoms with Crippen LogP contribution in [0, 0.1) is 0 Å². The molecule has 2 heterocycles. The van der Waals surface area contributed by atoms with Crippen molar-refractivity contribution in [1.82, 2.24) is 14.8 Å². The summed E-state index contributed by atoms with van der Waals surface area (Å²) in [6, 6.07) is 0. The van der Waals surface area contributed by atoms with Crippen LogP contribution in [0.15, 0.2) is 11.6 Å². The van der Waals surface area contributed by atoms with Crippen molar-refractivity contribution in [3.05, 3.63) is 16.6 Å². The second kappa shape index (κ2) is 4.82. The second-order valence-electron chi connectivity index (χ2n) is 5.36. The Morgan fingerprint density at radius 3 is 2.44 bits per heavy atom. The molecule has 1 fully saturated rings. The fraction of sp³-hybridized carbons (Fsp3) is 0.750. The first-order chi connectivity index (χ1) is 7.55. The first kappa shape index (κ1) is 12.0. The Balaban J connectivity index is 1.82. The van der Waals surface area contributed by atoms with E-state index < -0.39 is 0 Å². The maximum Gasteiger partial charge on any atom is 0.107 e. The van der Waals surface area contributed by atoms with E-state index in [1.54, 1.807) is 11.3 Å². The molecule has 1 saturated heterocycles. The Bertz CT molecular complexity index is 308. The minimum atomic E-state index is 0.313. The first-order valence-corrected chi connectivity index (χ1v) is 6.79. The van der Waals surface area contributed by atoms with Gasteiger partial charge in [0.15, 0.2) is 0 Å². The van der Waals surface area contributed by atoms with Crippen LogP contribution >= 0.6 is 11.3 Å². The van der Waals surface area contributed by atoms with Gasteiger partial charge in [-0.15, -0.1) is 11.3 Å². The second-order valence-corrected chi connectivity index (χ2v) is 6.34. The molecule has 0 unspecified atom stereocenters. The number of thiazole rings is 1. The Morgan fingerprint density at radius 1 is 1.25 bits per heavy atom. The van der Waals surface area contributed by atoms with Gasteiger partial charge < -0.3 is 0 Å². The van der Waals surface area contributed by atoms with E-state index in [2.05, 4.69) is 40.9 Å². The third kappa shape index (κ3) is 3.03. The molecule has 0 atom stereocenters. The van der Waals surface area contributed by atoms with Gasteiger partial charge >= 0.3 is 0 Å². The van der Waals surface area contributed by atoms with Crippen molar-refractivity contribution in [3.63, 3.8) is 0 Å². The van der Waals surface area contributed by atoms with E-state index in [-0.39, 0.29) is 0 Å². The van der Waals surface area contributed by atoms with Crippen LogP contribution in [-0.4, -0.2) is 46.5 Å². The van der Waals surface area contributed by atoms with Gasteiger partial charge in [-0.2, -0.15) is 0 Å². The molecule has 0 amide bonds. The summed E-state index contributed by atoms with van der Waals surface area (Å²) in [4.78, 5) is 9.40. The van der Waals surface area contributed by atoms with E-state index >= 15 is 0 Å². The molecule has 16 heavy (non-hydrogen) atoms. The van der Waals surface area contributed by atoms with Crippen LogP contribution in [0.2, 0.25) is 0 Å². The zero-order valence-electron chi connectivity index (χ0n) is 10.4. The normalized spacial score (nSPS) is 20.2. The van der Waals surface area contributed by atoms with Crippen molar-refractivity contribution in [2.75, 3.05) is 26.2 Å². The molecule has 1 aromatic rings. The summed E-state index contributed by atoms with van der Waals surface area (Å²) in [7, 11) is 0. The predicted octanol–water partition coefficient (Wildman–Crippen LogP) is 2.06. The summed E-state index contributed by atoms with van der Waals surface area (Å²) in [5, 5.41) is 3.30. The summed E-state index contributed by atoms with van der Waals surface area (Å²) < 4.78 is 0. The molecule has 1 aliphatic rings. The van der Waals surface area contributed by atoms with Crippen molar-refractivity contribution in [2.45, 2.75) is 32.9 Å². The highest BCUT2D eigenvalue weighted by molar-refractivity contribution is 7.09. The number of rotatable bonds is 2. The molecule has 4 heteroatoms. The number of hydrogen-bond acceptors (Lipinski definition) is 4. The summed E-state index contributed by atoms with van der Waals surface area (Å²) in [5.41, 5.74) is 0.313. The van der Waals surface area contributed by atoms with Gasteiger partial charge in [-0.05, 0) is 20.8 Å². The maximum atomic E-state index is 4.34. The van der Waals surface area contributed by atoms with Crippen molar-refractivity contribution in [1.29, 1.82) is 0 Å². The third-order valence-electron chi connectivity index (χ3n) is 3.16. The smallest absolute Gasteiger partial charge is 0.107 e. The minimum absolute atomic E-state index is 0.313. The lowest BCUT2D eigenvalue weighted by Gasteiger charge is -2.42. The standard InChI is InChI=1S/C12H21N3S/c1-12(2,3)15-7-5-14(6-8-15)10-11-13-4-9-16-11/h4,9H,5-8,10H2,1-3H3. The Kier molecular flexibility index (Phi) is 3.62. The predicted molar refractivity (Wildman–Crippen MR) is 68.7 cm³/mol. The van der Waals surface area contributed by atoms with Gasteiger partial charge in [0.25, 0.3) is 0 Å². The lowest BCUT2D eigenvalue weighted by Crippen LogP contribution is -2.53. The maximum absolute atomic E-state index is 4.34. The molecular weight excluding hydrogens is 218 g/mol. The summed E-state index contributed by atoms with van der Waals surface area (Å²) in [6.45, 7) is 12.6. The van der Waals surface area contributed by atoms with Crippen LogP contribution < -0.4 is 0 Å². The largest absolute Gasteiger partial charge is 0.296 e. The number of nitrogens with zero attached hydrogens (tertiary/aromatic N) is 3. The monoisotopic (exact) mass is 239 g/mol. The van der Waals surface area contributed by atoms with Crippen molar-refractivity contribution < 1.29 is 0 Å². The first-order valence-electron chi connectivity index (χ1n) is 5.91. The van der Waals surface area contributed by atoms with Crippen molar-refractivity contribution in [3.8, 4) is 0 Å².